The molecule has 0 aliphatic carbocycles. The highest BCUT2D eigenvalue weighted by molar-refractivity contribution is 7.80. The maximum atomic E-state index is 12.7. The first kappa shape index (κ1) is 24.0. The topological polar surface area (TPSA) is 79.9 Å². The number of benzene rings is 2. The number of carbonyl (C=O) groups is 2. The first-order valence-electron chi connectivity index (χ1n) is 10.5. The van der Waals surface area contributed by atoms with E-state index in [1.165, 1.54) is 0 Å². The van der Waals surface area contributed by atoms with Crippen LogP contribution in [0.15, 0.2) is 48.5 Å². The largest absolute Gasteiger partial charge is 0.464 e. The molecule has 1 aliphatic heterocycles. The fraction of sp³-hybridized carbons (Fsp3) is 0.348. The molecule has 1 heterocycles. The highest BCUT2D eigenvalue weighted by atomic mass is 35.5. The lowest BCUT2D eigenvalue weighted by Gasteiger charge is -2.28. The fourth-order valence-corrected chi connectivity index (χ4v) is 3.76. The Morgan fingerprint density at radius 1 is 1.16 bits per heavy atom. The number of nitrogens with one attached hydrogen (secondary N) is 2. The van der Waals surface area contributed by atoms with E-state index in [-0.39, 0.29) is 13.0 Å². The summed E-state index contributed by atoms with van der Waals surface area (Å²) >= 11 is 11.5. The third-order valence-electron chi connectivity index (χ3n) is 4.94. The molecule has 9 heteroatoms. The first-order valence-corrected chi connectivity index (χ1v) is 11.2. The summed E-state index contributed by atoms with van der Waals surface area (Å²) in [5, 5.41) is 6.76. The molecule has 7 nitrogen and oxygen atoms in total. The van der Waals surface area contributed by atoms with Crippen molar-refractivity contribution in [1.29, 1.82) is 0 Å². The van der Waals surface area contributed by atoms with Gasteiger partial charge < -0.3 is 25.0 Å². The van der Waals surface area contributed by atoms with Crippen molar-refractivity contribution in [3.63, 3.8) is 0 Å². The van der Waals surface area contributed by atoms with E-state index in [9.17, 15) is 9.59 Å². The Balaban J connectivity index is 1.65. The Morgan fingerprint density at radius 3 is 2.50 bits per heavy atom. The fourth-order valence-electron chi connectivity index (χ4n) is 3.26. The lowest BCUT2D eigenvalue weighted by molar-refractivity contribution is -0.145. The van der Waals surface area contributed by atoms with E-state index >= 15 is 0 Å². The molecule has 1 fully saturated rings. The third-order valence-corrected chi connectivity index (χ3v) is 5.61. The molecule has 1 atom stereocenters. The van der Waals surface area contributed by atoms with Crippen LogP contribution in [0, 0.1) is 0 Å². The van der Waals surface area contributed by atoms with Gasteiger partial charge in [-0.05, 0) is 49.0 Å². The predicted molar refractivity (Wildman–Crippen MR) is 127 cm³/mol. The Morgan fingerprint density at radius 2 is 1.84 bits per heavy atom. The summed E-state index contributed by atoms with van der Waals surface area (Å²) in [5.74, 6) is -0.326. The van der Waals surface area contributed by atoms with Crippen LogP contribution in [0.1, 0.15) is 22.8 Å². The van der Waals surface area contributed by atoms with E-state index < -0.39 is 17.9 Å². The van der Waals surface area contributed by atoms with E-state index in [2.05, 4.69) is 10.6 Å². The second kappa shape index (κ2) is 11.8. The Hall–Kier alpha value is -2.68. The minimum absolute atomic E-state index is 0.216. The molecule has 0 unspecified atom stereocenters. The van der Waals surface area contributed by atoms with Crippen molar-refractivity contribution in [3.8, 4) is 5.75 Å². The van der Waals surface area contributed by atoms with Crippen molar-refractivity contribution in [3.05, 3.63) is 64.7 Å². The number of hydrogen-bond acceptors (Lipinski definition) is 6. The number of esters is 1. The van der Waals surface area contributed by atoms with Crippen molar-refractivity contribution in [2.75, 3.05) is 32.8 Å². The SMILES string of the molecule is CCOC(=O)[C@H](Cc1ccc(OC(=S)N2CCNCC2)cc1)NC(=O)c1ccccc1Cl. The van der Waals surface area contributed by atoms with Gasteiger partial charge in [-0.25, -0.2) is 4.79 Å². The standard InChI is InChI=1S/C23H26ClN3O4S/c1-2-30-22(29)20(26-21(28)18-5-3-4-6-19(18)24)15-16-7-9-17(10-8-16)31-23(32)27-13-11-25-12-14-27/h3-10,20,25H,2,11-15H2,1H3,(H,26,28)/t20-/m0/s1. The van der Waals surface area contributed by atoms with Crippen LogP contribution in [0.25, 0.3) is 0 Å². The van der Waals surface area contributed by atoms with Crippen LogP contribution in [0.2, 0.25) is 5.02 Å². The Labute approximate surface area is 198 Å². The number of piperazine rings is 1. The Bertz CT molecular complexity index is 949. The zero-order valence-electron chi connectivity index (χ0n) is 17.8. The zero-order chi connectivity index (χ0) is 22.9. The smallest absolute Gasteiger partial charge is 0.328 e. The van der Waals surface area contributed by atoms with Gasteiger partial charge in [-0.15, -0.1) is 0 Å². The number of halogens is 1. The van der Waals surface area contributed by atoms with Gasteiger partial charge in [0.05, 0.1) is 17.2 Å². The molecule has 2 aromatic carbocycles. The van der Waals surface area contributed by atoms with Crippen molar-refractivity contribution in [1.82, 2.24) is 15.5 Å². The van der Waals surface area contributed by atoms with Crippen LogP contribution in [-0.2, 0) is 16.0 Å². The minimum Gasteiger partial charge on any atom is -0.464 e. The lowest BCUT2D eigenvalue weighted by atomic mass is 10.0. The van der Waals surface area contributed by atoms with Crippen molar-refractivity contribution < 1.29 is 19.1 Å². The van der Waals surface area contributed by atoms with Gasteiger partial charge in [-0.2, -0.15) is 0 Å². The molecule has 32 heavy (non-hydrogen) atoms. The number of amides is 1. The molecule has 0 spiro atoms. The van der Waals surface area contributed by atoms with Crippen LogP contribution in [0.3, 0.4) is 0 Å². The number of nitrogens with zero attached hydrogens (tertiary/aromatic N) is 1. The Kier molecular flexibility index (Phi) is 8.84. The highest BCUT2D eigenvalue weighted by Gasteiger charge is 2.24. The summed E-state index contributed by atoms with van der Waals surface area (Å²) in [6, 6.07) is 13.1. The summed E-state index contributed by atoms with van der Waals surface area (Å²) in [7, 11) is 0. The molecule has 1 saturated heterocycles. The van der Waals surface area contributed by atoms with Gasteiger partial charge in [-0.3, -0.25) is 4.79 Å². The van der Waals surface area contributed by atoms with Crippen LogP contribution >= 0.6 is 23.8 Å². The van der Waals surface area contributed by atoms with Crippen molar-refractivity contribution in [2.24, 2.45) is 0 Å². The van der Waals surface area contributed by atoms with Gasteiger partial charge in [0.15, 0.2) is 0 Å². The molecule has 0 radical (unpaired) electrons. The average Bonchev–Trinajstić information content (AvgIpc) is 2.80. The second-order valence-corrected chi connectivity index (χ2v) is 7.97. The van der Waals surface area contributed by atoms with Gasteiger partial charge >= 0.3 is 5.97 Å². The summed E-state index contributed by atoms with van der Waals surface area (Å²) in [6.45, 7) is 5.30. The number of thiocarbonyl (C=S) groups is 1. The van der Waals surface area contributed by atoms with Gasteiger partial charge in [0, 0.05) is 32.6 Å². The molecule has 170 valence electrons. The monoisotopic (exact) mass is 475 g/mol. The molecule has 2 aromatic rings. The van der Waals surface area contributed by atoms with Gasteiger partial charge in [0.2, 0.25) is 0 Å². The van der Waals surface area contributed by atoms with E-state index in [0.29, 0.717) is 21.5 Å². The molecular formula is C23H26ClN3O4S. The molecular weight excluding hydrogens is 450 g/mol. The minimum atomic E-state index is -0.854. The van der Waals surface area contributed by atoms with E-state index in [0.717, 1.165) is 31.7 Å². The van der Waals surface area contributed by atoms with Crippen LogP contribution < -0.4 is 15.4 Å². The highest BCUT2D eigenvalue weighted by Crippen LogP contribution is 2.17. The first-order chi connectivity index (χ1) is 15.5. The second-order valence-electron chi connectivity index (χ2n) is 7.21. The molecule has 0 saturated carbocycles. The quantitative estimate of drug-likeness (QED) is 0.471. The number of hydrogen-bond donors (Lipinski definition) is 2. The van der Waals surface area contributed by atoms with Crippen molar-refractivity contribution in [2.45, 2.75) is 19.4 Å². The average molecular weight is 476 g/mol. The van der Waals surface area contributed by atoms with E-state index in [4.69, 9.17) is 33.3 Å². The number of carbonyl (C=O) groups excluding carboxylic acids is 2. The van der Waals surface area contributed by atoms with Gasteiger partial charge in [0.25, 0.3) is 11.1 Å². The van der Waals surface area contributed by atoms with Crippen LogP contribution in [-0.4, -0.2) is 60.8 Å². The molecule has 3 rings (SSSR count). The molecule has 2 N–H and O–H groups in total. The zero-order valence-corrected chi connectivity index (χ0v) is 19.4. The van der Waals surface area contributed by atoms with Gasteiger partial charge in [-0.1, -0.05) is 35.9 Å². The van der Waals surface area contributed by atoms with Crippen LogP contribution in [0.4, 0.5) is 0 Å². The maximum Gasteiger partial charge on any atom is 0.328 e. The lowest BCUT2D eigenvalue weighted by Crippen LogP contribution is -2.47. The molecule has 1 aliphatic rings. The maximum absolute atomic E-state index is 12.7. The predicted octanol–water partition coefficient (Wildman–Crippen LogP) is 2.81. The molecule has 1 amide bonds. The van der Waals surface area contributed by atoms with E-state index in [1.54, 1.807) is 43.3 Å². The summed E-state index contributed by atoms with van der Waals surface area (Å²) in [5.41, 5.74) is 1.14. The van der Waals surface area contributed by atoms with Crippen molar-refractivity contribution >= 4 is 40.9 Å². The summed E-state index contributed by atoms with van der Waals surface area (Å²) < 4.78 is 10.9. The number of ether oxygens (including phenoxy) is 2. The number of rotatable bonds is 7. The summed E-state index contributed by atoms with van der Waals surface area (Å²) in [4.78, 5) is 27.1. The normalized spacial score (nSPS) is 14.4. The third kappa shape index (κ3) is 6.66. The molecule has 0 aromatic heterocycles. The summed E-state index contributed by atoms with van der Waals surface area (Å²) in [6.07, 6.45) is 0.261. The molecule has 0 bridgehead atoms. The van der Waals surface area contributed by atoms with E-state index in [1.807, 2.05) is 17.0 Å². The van der Waals surface area contributed by atoms with Gasteiger partial charge in [0.1, 0.15) is 11.8 Å². The van der Waals surface area contributed by atoms with Crippen LogP contribution in [0.5, 0.6) is 5.75 Å².